The van der Waals surface area contributed by atoms with Crippen molar-refractivity contribution in [2.45, 2.75) is 19.6 Å². The minimum absolute atomic E-state index is 0.455. The molecule has 1 aromatic carbocycles. The van der Waals surface area contributed by atoms with Gasteiger partial charge in [0, 0.05) is 32.7 Å². The van der Waals surface area contributed by atoms with Gasteiger partial charge in [0.2, 0.25) is 0 Å². The number of hydrogen-bond acceptors (Lipinski definition) is 3. The van der Waals surface area contributed by atoms with Crippen molar-refractivity contribution >= 4 is 6.09 Å². The van der Waals surface area contributed by atoms with Gasteiger partial charge in [-0.15, -0.1) is 0 Å². The van der Waals surface area contributed by atoms with Crippen LogP contribution in [0.25, 0.3) is 0 Å². The van der Waals surface area contributed by atoms with Crippen LogP contribution in [0.1, 0.15) is 24.2 Å². The van der Waals surface area contributed by atoms with E-state index in [-0.39, 0.29) is 0 Å². The molecule has 1 atom stereocenters. The Labute approximate surface area is 113 Å². The Hall–Kier alpha value is -1.59. The van der Waals surface area contributed by atoms with Crippen LogP contribution < -0.4 is 0 Å². The minimum atomic E-state index is -0.837. The maximum absolute atomic E-state index is 10.8. The summed E-state index contributed by atoms with van der Waals surface area (Å²) >= 11 is 0. The molecule has 2 rings (SSSR count). The molecule has 1 amide bonds. The predicted molar refractivity (Wildman–Crippen MR) is 72.0 cm³/mol. The molecule has 0 bridgehead atoms. The van der Waals surface area contributed by atoms with Crippen molar-refractivity contribution in [2.75, 3.05) is 26.2 Å². The number of aliphatic hydroxyl groups excluding tert-OH is 1. The lowest BCUT2D eigenvalue weighted by Crippen LogP contribution is -2.47. The van der Waals surface area contributed by atoms with Gasteiger partial charge in [-0.2, -0.15) is 0 Å². The number of piperazine rings is 1. The summed E-state index contributed by atoms with van der Waals surface area (Å²) in [5, 5.41) is 18.5. The van der Waals surface area contributed by atoms with Crippen molar-refractivity contribution in [2.24, 2.45) is 0 Å². The van der Waals surface area contributed by atoms with Gasteiger partial charge in [0.25, 0.3) is 0 Å². The maximum atomic E-state index is 10.8. The quantitative estimate of drug-likeness (QED) is 0.869. The lowest BCUT2D eigenvalue weighted by molar-refractivity contribution is 0.103. The fourth-order valence-corrected chi connectivity index (χ4v) is 2.31. The fourth-order valence-electron chi connectivity index (χ4n) is 2.31. The molecule has 0 radical (unpaired) electrons. The summed E-state index contributed by atoms with van der Waals surface area (Å²) in [6.07, 6.45) is -1.29. The number of nitrogens with zero attached hydrogens (tertiary/aromatic N) is 2. The predicted octanol–water partition coefficient (Wildman–Crippen LogP) is 1.54. The summed E-state index contributed by atoms with van der Waals surface area (Å²) in [7, 11) is 0. The molecule has 5 heteroatoms. The van der Waals surface area contributed by atoms with Crippen LogP contribution in [0.2, 0.25) is 0 Å². The van der Waals surface area contributed by atoms with Crippen LogP contribution in [0, 0.1) is 0 Å². The van der Waals surface area contributed by atoms with E-state index in [9.17, 15) is 9.90 Å². The van der Waals surface area contributed by atoms with Crippen LogP contribution in [0.5, 0.6) is 0 Å². The van der Waals surface area contributed by atoms with Gasteiger partial charge in [-0.1, -0.05) is 24.3 Å². The first-order valence-corrected chi connectivity index (χ1v) is 6.53. The molecule has 0 aromatic heterocycles. The zero-order valence-corrected chi connectivity index (χ0v) is 11.1. The Morgan fingerprint density at radius 3 is 2.58 bits per heavy atom. The molecular weight excluding hydrogens is 244 g/mol. The fraction of sp³-hybridized carbons (Fsp3) is 0.500. The molecule has 1 heterocycles. The number of benzene rings is 1. The second-order valence-corrected chi connectivity index (χ2v) is 4.97. The van der Waals surface area contributed by atoms with Crippen molar-refractivity contribution < 1.29 is 15.0 Å². The largest absolute Gasteiger partial charge is 0.465 e. The summed E-state index contributed by atoms with van der Waals surface area (Å²) in [6, 6.07) is 7.91. The van der Waals surface area contributed by atoms with E-state index in [1.165, 1.54) is 4.90 Å². The van der Waals surface area contributed by atoms with Crippen molar-refractivity contribution in [3.05, 3.63) is 35.4 Å². The van der Waals surface area contributed by atoms with Gasteiger partial charge in [-0.3, -0.25) is 4.90 Å². The molecule has 0 spiro atoms. The van der Waals surface area contributed by atoms with Crippen LogP contribution >= 0.6 is 0 Å². The first kappa shape index (κ1) is 13.8. The minimum Gasteiger partial charge on any atom is -0.465 e. The second-order valence-electron chi connectivity index (χ2n) is 4.97. The van der Waals surface area contributed by atoms with Gasteiger partial charge < -0.3 is 15.1 Å². The normalized spacial score (nSPS) is 18.3. The maximum Gasteiger partial charge on any atom is 0.407 e. The number of carbonyl (C=O) groups is 1. The van der Waals surface area contributed by atoms with E-state index >= 15 is 0 Å². The molecule has 0 aliphatic carbocycles. The van der Waals surface area contributed by atoms with Crippen LogP contribution in [-0.4, -0.2) is 52.3 Å². The summed E-state index contributed by atoms with van der Waals surface area (Å²) in [4.78, 5) is 14.5. The smallest absolute Gasteiger partial charge is 0.407 e. The van der Waals surface area contributed by atoms with Gasteiger partial charge in [0.1, 0.15) is 0 Å². The van der Waals surface area contributed by atoms with Crippen LogP contribution in [-0.2, 0) is 6.54 Å². The average Bonchev–Trinajstić information content (AvgIpc) is 2.39. The molecule has 1 aromatic rings. The topological polar surface area (TPSA) is 64.0 Å². The molecule has 0 saturated carbocycles. The third-order valence-electron chi connectivity index (χ3n) is 3.48. The van der Waals surface area contributed by atoms with Gasteiger partial charge >= 0.3 is 6.09 Å². The SMILES string of the molecule is CC(O)c1cccc(CN2CCN(C(=O)O)CC2)c1. The molecule has 1 saturated heterocycles. The van der Waals surface area contributed by atoms with Crippen molar-refractivity contribution in [3.8, 4) is 0 Å². The highest BCUT2D eigenvalue weighted by Crippen LogP contribution is 2.15. The number of hydrogen-bond donors (Lipinski definition) is 2. The Morgan fingerprint density at radius 1 is 1.32 bits per heavy atom. The lowest BCUT2D eigenvalue weighted by Gasteiger charge is -2.33. The van der Waals surface area contributed by atoms with Gasteiger partial charge in [-0.25, -0.2) is 4.79 Å². The van der Waals surface area contributed by atoms with Crippen LogP contribution in [0.15, 0.2) is 24.3 Å². The Balaban J connectivity index is 1.92. The zero-order chi connectivity index (χ0) is 13.8. The molecule has 1 unspecified atom stereocenters. The van der Waals surface area contributed by atoms with Gasteiger partial charge in [-0.05, 0) is 18.1 Å². The number of aliphatic hydroxyl groups is 1. The standard InChI is InChI=1S/C14H20N2O3/c1-11(17)13-4-2-3-12(9-13)10-15-5-7-16(8-6-15)14(18)19/h2-4,9,11,17H,5-8,10H2,1H3,(H,18,19). The molecule has 2 N–H and O–H groups in total. The molecule has 1 aliphatic heterocycles. The van der Waals surface area contributed by atoms with Crippen LogP contribution in [0.3, 0.4) is 0 Å². The van der Waals surface area contributed by atoms with Gasteiger partial charge in [0.05, 0.1) is 6.10 Å². The highest BCUT2D eigenvalue weighted by molar-refractivity contribution is 5.65. The third kappa shape index (κ3) is 3.68. The summed E-state index contributed by atoms with van der Waals surface area (Å²) in [6.45, 7) is 5.19. The molecule has 5 nitrogen and oxygen atoms in total. The Bertz CT molecular complexity index is 440. The Kier molecular flexibility index (Phi) is 4.39. The molecule has 104 valence electrons. The highest BCUT2D eigenvalue weighted by atomic mass is 16.4. The van der Waals surface area contributed by atoms with Crippen molar-refractivity contribution in [1.82, 2.24) is 9.80 Å². The highest BCUT2D eigenvalue weighted by Gasteiger charge is 2.20. The summed E-state index contributed by atoms with van der Waals surface area (Å²) in [5.41, 5.74) is 2.07. The average molecular weight is 264 g/mol. The van der Waals surface area contributed by atoms with E-state index in [0.29, 0.717) is 13.1 Å². The van der Waals surface area contributed by atoms with E-state index in [1.807, 2.05) is 24.3 Å². The van der Waals surface area contributed by atoms with E-state index in [4.69, 9.17) is 5.11 Å². The van der Waals surface area contributed by atoms with E-state index in [2.05, 4.69) is 4.90 Å². The summed E-state index contributed by atoms with van der Waals surface area (Å²) in [5.74, 6) is 0. The number of amides is 1. The van der Waals surface area contributed by atoms with Crippen LogP contribution in [0.4, 0.5) is 4.79 Å². The molecule has 1 aliphatic rings. The Morgan fingerprint density at radius 2 is 2.00 bits per heavy atom. The number of carboxylic acid groups (broad SMARTS) is 1. The van der Waals surface area contributed by atoms with E-state index in [0.717, 1.165) is 30.8 Å². The molecule has 19 heavy (non-hydrogen) atoms. The van der Waals surface area contributed by atoms with E-state index in [1.54, 1.807) is 6.92 Å². The monoisotopic (exact) mass is 264 g/mol. The second kappa shape index (κ2) is 6.04. The zero-order valence-electron chi connectivity index (χ0n) is 11.1. The van der Waals surface area contributed by atoms with Gasteiger partial charge in [0.15, 0.2) is 0 Å². The number of rotatable bonds is 3. The molecular formula is C14H20N2O3. The molecule has 1 fully saturated rings. The first-order valence-electron chi connectivity index (χ1n) is 6.53. The summed E-state index contributed by atoms with van der Waals surface area (Å²) < 4.78 is 0. The van der Waals surface area contributed by atoms with Crippen molar-refractivity contribution in [1.29, 1.82) is 0 Å². The third-order valence-corrected chi connectivity index (χ3v) is 3.48. The lowest BCUT2D eigenvalue weighted by atomic mass is 10.1. The van der Waals surface area contributed by atoms with Crippen molar-refractivity contribution in [3.63, 3.8) is 0 Å². The first-order chi connectivity index (χ1) is 9.06. The van der Waals surface area contributed by atoms with E-state index < -0.39 is 12.2 Å².